The molecule has 2 fully saturated rings. The van der Waals surface area contributed by atoms with Crippen LogP contribution in [0.25, 0.3) is 0 Å². The topological polar surface area (TPSA) is 12.0 Å². The maximum Gasteiger partial charge on any atom is 0.0442 e. The quantitative estimate of drug-likeness (QED) is 0.726. The fourth-order valence-corrected chi connectivity index (χ4v) is 5.00. The van der Waals surface area contributed by atoms with Crippen molar-refractivity contribution in [3.63, 3.8) is 0 Å². The highest BCUT2D eigenvalue weighted by molar-refractivity contribution is 5.33. The third-order valence-corrected chi connectivity index (χ3v) is 6.32. The van der Waals surface area contributed by atoms with Gasteiger partial charge in [0.05, 0.1) is 0 Å². The Morgan fingerprint density at radius 3 is 1.38 bits per heavy atom. The Labute approximate surface area is 146 Å². The summed E-state index contributed by atoms with van der Waals surface area (Å²) in [7, 11) is 0. The van der Waals surface area contributed by atoms with Crippen molar-refractivity contribution < 1.29 is 0 Å². The van der Waals surface area contributed by atoms with Crippen molar-refractivity contribution in [1.82, 2.24) is 5.32 Å². The van der Waals surface area contributed by atoms with Crippen LogP contribution >= 0.6 is 0 Å². The van der Waals surface area contributed by atoms with E-state index in [2.05, 4.69) is 66.0 Å². The maximum absolute atomic E-state index is 4.22. The van der Waals surface area contributed by atoms with Crippen molar-refractivity contribution >= 4 is 0 Å². The van der Waals surface area contributed by atoms with E-state index in [9.17, 15) is 0 Å². The number of benzene rings is 2. The van der Waals surface area contributed by atoms with Gasteiger partial charge >= 0.3 is 0 Å². The molecular weight excluding hydrogens is 290 g/mol. The molecule has 1 nitrogen and oxygen atoms in total. The Kier molecular flexibility index (Phi) is 4.45. The van der Waals surface area contributed by atoms with Crippen molar-refractivity contribution in [2.24, 2.45) is 0 Å². The lowest BCUT2D eigenvalue weighted by Gasteiger charge is -2.38. The van der Waals surface area contributed by atoms with E-state index in [1.165, 1.54) is 68.9 Å². The first kappa shape index (κ1) is 15.9. The van der Waals surface area contributed by atoms with Crippen LogP contribution in [-0.2, 0) is 11.1 Å². The molecular formula is C23H29N. The molecule has 24 heavy (non-hydrogen) atoms. The molecule has 1 heteroatoms. The van der Waals surface area contributed by atoms with E-state index < -0.39 is 0 Å². The molecule has 2 aliphatic heterocycles. The molecule has 126 valence electrons. The molecule has 4 rings (SSSR count). The van der Waals surface area contributed by atoms with Crippen LogP contribution in [0.3, 0.4) is 0 Å². The number of nitrogens with one attached hydrogen (secondary N) is 1. The lowest BCUT2D eigenvalue weighted by molar-refractivity contribution is 0.249. The third-order valence-electron chi connectivity index (χ3n) is 6.32. The second kappa shape index (κ2) is 6.72. The zero-order valence-corrected chi connectivity index (χ0v) is 14.6. The first-order valence-corrected chi connectivity index (χ1v) is 9.74. The molecule has 2 aromatic carbocycles. The Morgan fingerprint density at radius 2 is 0.917 bits per heavy atom. The summed E-state index contributed by atoms with van der Waals surface area (Å²) in [5.74, 6) is 0. The highest BCUT2D eigenvalue weighted by Crippen LogP contribution is 2.49. The van der Waals surface area contributed by atoms with E-state index in [1.807, 2.05) is 0 Å². The van der Waals surface area contributed by atoms with Gasteiger partial charge in [-0.05, 0) is 36.8 Å². The lowest BCUT2D eigenvalue weighted by Crippen LogP contribution is -2.47. The standard InChI is InChI=1S/C23H29N/c1-2-10-16-22(20-12-6-4-7-13-20)18-19-23(24-22,17-11-3-1)21-14-8-5-9-15-21/h4-9,12-15,24H,1-3,10-11,16-19H2. The van der Waals surface area contributed by atoms with E-state index in [4.69, 9.17) is 0 Å². The van der Waals surface area contributed by atoms with Crippen LogP contribution in [0.1, 0.15) is 68.9 Å². The maximum atomic E-state index is 4.22. The molecule has 0 aromatic heterocycles. The molecule has 0 radical (unpaired) electrons. The second-order valence-corrected chi connectivity index (χ2v) is 7.79. The molecule has 0 amide bonds. The van der Waals surface area contributed by atoms with Gasteiger partial charge in [-0.2, -0.15) is 0 Å². The minimum Gasteiger partial charge on any atom is -0.298 e. The highest BCUT2D eigenvalue weighted by atomic mass is 15.1. The molecule has 2 heterocycles. The highest BCUT2D eigenvalue weighted by Gasteiger charge is 2.48. The molecule has 0 spiro atoms. The smallest absolute Gasteiger partial charge is 0.0442 e. The van der Waals surface area contributed by atoms with Crippen LogP contribution in [0.5, 0.6) is 0 Å². The molecule has 2 saturated heterocycles. The average Bonchev–Trinajstić information content (AvgIpc) is 3.03. The summed E-state index contributed by atoms with van der Waals surface area (Å²) in [6.45, 7) is 0. The van der Waals surface area contributed by atoms with Gasteiger partial charge in [0.25, 0.3) is 0 Å². The van der Waals surface area contributed by atoms with E-state index in [1.54, 1.807) is 0 Å². The molecule has 2 atom stereocenters. The van der Waals surface area contributed by atoms with Gasteiger partial charge in [0, 0.05) is 11.1 Å². The van der Waals surface area contributed by atoms with Crippen molar-refractivity contribution in [1.29, 1.82) is 0 Å². The average molecular weight is 319 g/mol. The van der Waals surface area contributed by atoms with Gasteiger partial charge in [-0.15, -0.1) is 0 Å². The summed E-state index contributed by atoms with van der Waals surface area (Å²) in [6, 6.07) is 22.4. The normalized spacial score (nSPS) is 30.8. The third kappa shape index (κ3) is 2.91. The molecule has 0 aliphatic carbocycles. The number of rotatable bonds is 2. The summed E-state index contributed by atoms with van der Waals surface area (Å²) < 4.78 is 0. The van der Waals surface area contributed by atoms with Crippen LogP contribution in [-0.4, -0.2) is 0 Å². The first-order valence-electron chi connectivity index (χ1n) is 9.74. The summed E-state index contributed by atoms with van der Waals surface area (Å²) in [6.07, 6.45) is 11.9. The lowest BCUT2D eigenvalue weighted by atomic mass is 9.83. The summed E-state index contributed by atoms with van der Waals surface area (Å²) in [5, 5.41) is 4.22. The van der Waals surface area contributed by atoms with E-state index in [0.717, 1.165) is 0 Å². The fraction of sp³-hybridized carbons (Fsp3) is 0.478. The van der Waals surface area contributed by atoms with Gasteiger partial charge in [-0.1, -0.05) is 92.8 Å². The molecule has 2 aliphatic rings. The van der Waals surface area contributed by atoms with Gasteiger partial charge in [-0.25, -0.2) is 0 Å². The van der Waals surface area contributed by atoms with Crippen LogP contribution in [0, 0.1) is 0 Å². The van der Waals surface area contributed by atoms with E-state index >= 15 is 0 Å². The summed E-state index contributed by atoms with van der Waals surface area (Å²) >= 11 is 0. The zero-order valence-electron chi connectivity index (χ0n) is 14.6. The summed E-state index contributed by atoms with van der Waals surface area (Å²) in [5.41, 5.74) is 3.30. The number of hydrogen-bond acceptors (Lipinski definition) is 1. The second-order valence-electron chi connectivity index (χ2n) is 7.79. The van der Waals surface area contributed by atoms with Gasteiger partial charge in [0.2, 0.25) is 0 Å². The van der Waals surface area contributed by atoms with E-state index in [0.29, 0.717) is 0 Å². The van der Waals surface area contributed by atoms with Gasteiger partial charge < -0.3 is 0 Å². The van der Waals surface area contributed by atoms with Crippen molar-refractivity contribution in [3.8, 4) is 0 Å². The van der Waals surface area contributed by atoms with Crippen LogP contribution < -0.4 is 5.32 Å². The van der Waals surface area contributed by atoms with Crippen LogP contribution in [0.4, 0.5) is 0 Å². The van der Waals surface area contributed by atoms with Crippen molar-refractivity contribution in [2.45, 2.75) is 68.9 Å². The number of fused-ring (bicyclic) bond motifs is 2. The van der Waals surface area contributed by atoms with Crippen molar-refractivity contribution in [2.75, 3.05) is 0 Å². The van der Waals surface area contributed by atoms with Gasteiger partial charge in [0.15, 0.2) is 0 Å². The predicted molar refractivity (Wildman–Crippen MR) is 101 cm³/mol. The Hall–Kier alpha value is -1.60. The first-order chi connectivity index (χ1) is 11.8. The summed E-state index contributed by atoms with van der Waals surface area (Å²) in [4.78, 5) is 0. The predicted octanol–water partition coefficient (Wildman–Crippen LogP) is 5.91. The molecule has 2 bridgehead atoms. The Morgan fingerprint density at radius 1 is 0.500 bits per heavy atom. The number of hydrogen-bond donors (Lipinski definition) is 1. The SMILES string of the molecule is c1ccc(C23CCCCCCCC(c4ccccc4)(CC2)N3)cc1. The van der Waals surface area contributed by atoms with Gasteiger partial charge in [-0.3, -0.25) is 5.32 Å². The Balaban J connectivity index is 1.74. The monoisotopic (exact) mass is 319 g/mol. The van der Waals surface area contributed by atoms with Crippen molar-refractivity contribution in [3.05, 3.63) is 71.8 Å². The zero-order chi connectivity index (χ0) is 16.3. The minimum absolute atomic E-state index is 0.161. The Bertz CT molecular complexity index is 593. The molecule has 2 unspecified atom stereocenters. The van der Waals surface area contributed by atoms with Crippen LogP contribution in [0.2, 0.25) is 0 Å². The van der Waals surface area contributed by atoms with Crippen LogP contribution in [0.15, 0.2) is 60.7 Å². The molecule has 0 saturated carbocycles. The van der Waals surface area contributed by atoms with Gasteiger partial charge in [0.1, 0.15) is 0 Å². The molecule has 2 aromatic rings. The largest absolute Gasteiger partial charge is 0.298 e. The minimum atomic E-state index is 0.161. The van der Waals surface area contributed by atoms with E-state index in [-0.39, 0.29) is 11.1 Å². The fourth-order valence-electron chi connectivity index (χ4n) is 5.00. The molecule has 1 N–H and O–H groups in total.